The maximum atomic E-state index is 14.8. The van der Waals surface area contributed by atoms with Gasteiger partial charge in [-0.05, 0) is 68.1 Å². The first-order valence-electron chi connectivity index (χ1n) is 19.3. The molecule has 7 aliphatic rings. The molecule has 1 spiro atoms. The molecule has 7 aliphatic heterocycles. The number of aryl methyl sites for hydroxylation is 1. The Kier molecular flexibility index (Phi) is 9.21. The van der Waals surface area contributed by atoms with Crippen molar-refractivity contribution in [3.63, 3.8) is 0 Å². The predicted octanol–water partition coefficient (Wildman–Crippen LogP) is 3.99. The minimum absolute atomic E-state index is 0.0120. The monoisotopic (exact) mass is 791 g/mol. The summed E-state index contributed by atoms with van der Waals surface area (Å²) < 4.78 is 36.6. The van der Waals surface area contributed by atoms with E-state index in [2.05, 4.69) is 10.2 Å². The Bertz CT molecular complexity index is 2120. The van der Waals surface area contributed by atoms with Gasteiger partial charge >= 0.3 is 5.97 Å². The van der Waals surface area contributed by atoms with Gasteiger partial charge in [-0.1, -0.05) is 19.4 Å². The Morgan fingerprint density at radius 2 is 1.82 bits per heavy atom. The van der Waals surface area contributed by atoms with Crippen LogP contribution in [0.25, 0.3) is 0 Å². The number of phenols is 2. The van der Waals surface area contributed by atoms with Crippen molar-refractivity contribution in [3.8, 4) is 40.2 Å². The van der Waals surface area contributed by atoms with E-state index in [1.807, 2.05) is 38.8 Å². The fourth-order valence-electron chi connectivity index (χ4n) is 10.3. The first-order valence-corrected chi connectivity index (χ1v) is 20.3. The molecule has 0 amide bonds. The summed E-state index contributed by atoms with van der Waals surface area (Å²) in [6.45, 7) is 6.02. The molecule has 300 valence electrons. The molecule has 2 saturated heterocycles. The highest BCUT2D eigenvalue weighted by Gasteiger charge is 2.61. The predicted molar refractivity (Wildman–Crippen MR) is 205 cm³/mol. The van der Waals surface area contributed by atoms with Crippen LogP contribution < -0.4 is 29.0 Å². The summed E-state index contributed by atoms with van der Waals surface area (Å²) in [6, 6.07) is 3.28. The van der Waals surface area contributed by atoms with Gasteiger partial charge in [0.05, 0.1) is 37.6 Å². The van der Waals surface area contributed by atoms with Gasteiger partial charge in [-0.15, -0.1) is 11.8 Å². The molecule has 3 aromatic rings. The van der Waals surface area contributed by atoms with E-state index in [1.165, 1.54) is 18.9 Å². The van der Waals surface area contributed by atoms with Crippen LogP contribution in [0.15, 0.2) is 18.2 Å². The van der Waals surface area contributed by atoms with E-state index in [0.717, 1.165) is 27.8 Å². The van der Waals surface area contributed by atoms with Gasteiger partial charge in [0.25, 0.3) is 0 Å². The highest BCUT2D eigenvalue weighted by Crippen LogP contribution is 2.64. The van der Waals surface area contributed by atoms with Crippen LogP contribution in [0.4, 0.5) is 0 Å². The molecule has 3 aromatic carbocycles. The Morgan fingerprint density at radius 3 is 2.57 bits per heavy atom. The molecule has 0 saturated carbocycles. The van der Waals surface area contributed by atoms with Crippen molar-refractivity contribution >= 4 is 17.7 Å². The van der Waals surface area contributed by atoms with E-state index >= 15 is 0 Å². The van der Waals surface area contributed by atoms with Gasteiger partial charge in [0, 0.05) is 47.0 Å². The van der Waals surface area contributed by atoms with Gasteiger partial charge in [0.1, 0.15) is 18.6 Å². The average molecular weight is 792 g/mol. The molecule has 0 aromatic heterocycles. The summed E-state index contributed by atoms with van der Waals surface area (Å²) in [6.07, 6.45) is -0.0330. The van der Waals surface area contributed by atoms with Crippen molar-refractivity contribution in [1.82, 2.24) is 15.1 Å². The number of phenolic OH excluding ortho intramolecular Hbond substituents is 2. The summed E-state index contributed by atoms with van der Waals surface area (Å²) in [5, 5.41) is 49.7. The van der Waals surface area contributed by atoms with Gasteiger partial charge in [-0.25, -0.2) is 4.79 Å². The van der Waals surface area contributed by atoms with Crippen molar-refractivity contribution < 1.29 is 53.6 Å². The largest absolute Gasteiger partial charge is 0.504 e. The molecule has 14 nitrogen and oxygen atoms in total. The smallest absolute Gasteiger partial charge is 0.331 e. The number of carbonyl (C=O) groups excluding carboxylic acids is 1. The number of hydrogen-bond acceptors (Lipinski definition) is 15. The standard InChI is InChI=1S/C41H49N3O11S/c1-7-8-27(46)55-35-19(3)36-37(54-17-53-36)29-24-15-52-40(49)41(22-14-26(50-5)25(45)13-20(22)9-10-42-41)16-56-38(30(29)35)32-31-28-21(11-18(2)34(51-6)33(28)47)12-23(43(31)4)39(48)44(24)32/h11,13-14,23-24,27,31-32,38-39,42,45-48H,7-10,12,15-17H2,1-6H3/t23-,24-,27?,31-,32?,38+,39-,41+/m0/s1. The van der Waals surface area contributed by atoms with E-state index in [4.69, 9.17) is 28.4 Å². The Hall–Kier alpha value is -4.12. The number of hydrogen-bond donors (Lipinski definition) is 5. The zero-order valence-corrected chi connectivity index (χ0v) is 33.2. The first kappa shape index (κ1) is 37.5. The number of aliphatic hydroxyl groups excluding tert-OH is 2. The summed E-state index contributed by atoms with van der Waals surface area (Å²) in [5.74, 6) is 1.79. The van der Waals surface area contributed by atoms with E-state index in [0.29, 0.717) is 71.9 Å². The lowest BCUT2D eigenvalue weighted by Gasteiger charge is -2.62. The van der Waals surface area contributed by atoms with E-state index in [9.17, 15) is 25.2 Å². The number of thioether (sulfide) groups is 1. The molecule has 5 N–H and O–H groups in total. The molecule has 15 heteroatoms. The van der Waals surface area contributed by atoms with E-state index in [-0.39, 0.29) is 42.4 Å². The number of rotatable bonds is 6. The Labute approximate surface area is 329 Å². The fourth-order valence-corrected chi connectivity index (χ4v) is 12.0. The Morgan fingerprint density at radius 1 is 1.04 bits per heavy atom. The molecule has 2 unspecified atom stereocenters. The van der Waals surface area contributed by atoms with Crippen molar-refractivity contribution in [2.45, 2.75) is 93.9 Å². The quantitative estimate of drug-likeness (QED) is 0.179. The van der Waals surface area contributed by atoms with Gasteiger partial charge in [0.2, 0.25) is 6.79 Å². The molecular weight excluding hydrogens is 743 g/mol. The minimum atomic E-state index is -1.34. The van der Waals surface area contributed by atoms with Crippen LogP contribution in [0.3, 0.4) is 0 Å². The highest BCUT2D eigenvalue weighted by atomic mass is 32.2. The van der Waals surface area contributed by atoms with Gasteiger partial charge < -0.3 is 48.8 Å². The van der Waals surface area contributed by atoms with Gasteiger partial charge in [0.15, 0.2) is 46.3 Å². The second-order valence-electron chi connectivity index (χ2n) is 15.7. The number of carbonyl (C=O) groups is 1. The number of ether oxygens (including phenoxy) is 6. The third-order valence-corrected chi connectivity index (χ3v) is 14.3. The zero-order chi connectivity index (χ0) is 39.4. The number of benzene rings is 3. The van der Waals surface area contributed by atoms with Crippen LogP contribution in [-0.4, -0.2) is 108 Å². The fraction of sp³-hybridized carbons (Fsp3) is 0.537. The Balaban J connectivity index is 1.31. The lowest BCUT2D eigenvalue weighted by molar-refractivity contribution is -0.186. The van der Waals surface area contributed by atoms with Crippen LogP contribution in [0.1, 0.15) is 81.6 Å². The van der Waals surface area contributed by atoms with Gasteiger partial charge in [-0.2, -0.15) is 0 Å². The molecule has 2 fully saturated rings. The van der Waals surface area contributed by atoms with Crippen molar-refractivity contribution in [1.29, 1.82) is 0 Å². The summed E-state index contributed by atoms with van der Waals surface area (Å²) in [4.78, 5) is 19.0. The minimum Gasteiger partial charge on any atom is -0.504 e. The molecule has 0 aliphatic carbocycles. The van der Waals surface area contributed by atoms with Crippen LogP contribution in [0.2, 0.25) is 0 Å². The van der Waals surface area contributed by atoms with Crippen molar-refractivity contribution in [2.75, 3.05) is 47.0 Å². The number of aromatic hydroxyl groups is 2. The van der Waals surface area contributed by atoms with Gasteiger partial charge in [-0.3, -0.25) is 15.1 Å². The lowest BCUT2D eigenvalue weighted by Crippen LogP contribution is -2.70. The maximum absolute atomic E-state index is 14.8. The second-order valence-corrected chi connectivity index (χ2v) is 16.8. The summed E-state index contributed by atoms with van der Waals surface area (Å²) in [5.41, 5.74) is 4.67. The molecular formula is C41H49N3O11S. The number of aliphatic hydroxyl groups is 2. The summed E-state index contributed by atoms with van der Waals surface area (Å²) in [7, 11) is 5.00. The average Bonchev–Trinajstić information content (AvgIpc) is 3.67. The van der Waals surface area contributed by atoms with Crippen LogP contribution in [0.5, 0.6) is 40.2 Å². The first-order chi connectivity index (χ1) is 26.9. The van der Waals surface area contributed by atoms with Crippen molar-refractivity contribution in [3.05, 3.63) is 62.7 Å². The number of likely N-dealkylation sites (N-methyl/N-ethyl adjacent to an activating group) is 1. The molecule has 8 atom stereocenters. The van der Waals surface area contributed by atoms with Crippen LogP contribution in [0, 0.1) is 13.8 Å². The molecule has 7 heterocycles. The molecule has 0 radical (unpaired) electrons. The highest BCUT2D eigenvalue weighted by molar-refractivity contribution is 7.99. The number of esters is 1. The molecule has 10 rings (SSSR count). The summed E-state index contributed by atoms with van der Waals surface area (Å²) >= 11 is 1.51. The van der Waals surface area contributed by atoms with Crippen molar-refractivity contribution in [2.24, 2.45) is 0 Å². The van der Waals surface area contributed by atoms with Crippen LogP contribution >= 0.6 is 11.8 Å². The third kappa shape index (κ3) is 5.24. The van der Waals surface area contributed by atoms with E-state index in [1.54, 1.807) is 19.2 Å². The van der Waals surface area contributed by atoms with Crippen LogP contribution in [-0.2, 0) is 27.9 Å². The topological polar surface area (TPSA) is 172 Å². The third-order valence-electron chi connectivity index (χ3n) is 12.8. The number of nitrogens with zero attached hydrogens (tertiary/aromatic N) is 2. The number of piperazine rings is 1. The number of fused-ring (bicyclic) bond motifs is 9. The maximum Gasteiger partial charge on any atom is 0.331 e. The normalized spacial score (nSPS) is 29.5. The zero-order valence-electron chi connectivity index (χ0n) is 32.4. The number of nitrogens with one attached hydrogen (secondary N) is 1. The molecule has 4 bridgehead atoms. The number of methoxy groups -OCH3 is 2. The van der Waals surface area contributed by atoms with E-state index < -0.39 is 47.4 Å². The second kappa shape index (κ2) is 13.8. The lowest BCUT2D eigenvalue weighted by atomic mass is 9.73. The molecule has 56 heavy (non-hydrogen) atoms. The SMILES string of the molecule is CCCC(O)Oc1c(C)c2c(c3c1[C@H]1SC[C@]4(NCCc5cc(O)c(OC)cc54)C(=O)OC[C@@H]3N3C1[C@@H]1c4c(cc(C)c(OC)c4O)C[C@@H]([C@@H]3O)N1C)OCO2.